The number of hydrogen-bond acceptors (Lipinski definition) is 4. The Balaban J connectivity index is 2.65. The van der Waals surface area contributed by atoms with Crippen LogP contribution in [-0.2, 0) is 4.79 Å². The van der Waals surface area contributed by atoms with Gasteiger partial charge in [-0.05, 0) is 0 Å². The van der Waals surface area contributed by atoms with E-state index in [0.717, 1.165) is 0 Å². The van der Waals surface area contributed by atoms with Gasteiger partial charge in [0, 0.05) is 13.0 Å². The van der Waals surface area contributed by atoms with Gasteiger partial charge >= 0.3 is 5.97 Å². The molecule has 0 aromatic heterocycles. The molecule has 12 heavy (non-hydrogen) atoms. The summed E-state index contributed by atoms with van der Waals surface area (Å²) in [6.45, 7) is 0.275. The molecule has 1 aliphatic heterocycles. The first kappa shape index (κ1) is 8.79. The highest BCUT2D eigenvalue weighted by Crippen LogP contribution is 2.15. The molecule has 0 amide bonds. The van der Waals surface area contributed by atoms with Crippen LogP contribution in [0.1, 0.15) is 6.42 Å². The van der Waals surface area contributed by atoms with Crippen molar-refractivity contribution in [3.05, 3.63) is 0 Å². The predicted molar refractivity (Wildman–Crippen MR) is 41.4 cm³/mol. The third kappa shape index (κ3) is 1.65. The first-order chi connectivity index (χ1) is 5.65. The highest BCUT2D eigenvalue weighted by atomic mass is 16.4. The average molecular weight is 173 g/mol. The van der Waals surface area contributed by atoms with Gasteiger partial charge in [0.25, 0.3) is 0 Å². The summed E-state index contributed by atoms with van der Waals surface area (Å²) in [5, 5.41) is 21.0. The van der Waals surface area contributed by atoms with Crippen molar-refractivity contribution in [2.75, 3.05) is 6.54 Å². The van der Waals surface area contributed by atoms with Crippen molar-refractivity contribution in [2.24, 2.45) is 10.9 Å². The molecule has 0 aromatic rings. The van der Waals surface area contributed by atoms with Crippen molar-refractivity contribution in [2.45, 2.75) is 18.6 Å². The number of carboxylic acid groups (broad SMARTS) is 1. The molecule has 6 heteroatoms. The molecule has 0 aliphatic carbocycles. The Morgan fingerprint density at radius 1 is 1.75 bits per heavy atom. The quantitative estimate of drug-likeness (QED) is 0.202. The number of β-amino-alcohol motifs (C(OH)–C–C–N with tert-alkyl or cyclic N) is 1. The summed E-state index contributed by atoms with van der Waals surface area (Å²) in [6, 6.07) is -0.702. The Bertz CT molecular complexity index is 206. The van der Waals surface area contributed by atoms with E-state index in [1.807, 2.05) is 0 Å². The Morgan fingerprint density at radius 3 is 2.92 bits per heavy atom. The van der Waals surface area contributed by atoms with E-state index in [2.05, 4.69) is 5.10 Å². The molecule has 0 aromatic carbocycles. The average Bonchev–Trinajstić information content (AvgIpc) is 2.32. The third-order valence-electron chi connectivity index (χ3n) is 1.82. The number of aliphatic carboxylic acids is 1. The highest BCUT2D eigenvalue weighted by molar-refractivity contribution is 5.77. The van der Waals surface area contributed by atoms with Crippen LogP contribution in [-0.4, -0.2) is 46.1 Å². The summed E-state index contributed by atoms with van der Waals surface area (Å²) < 4.78 is 0. The maximum absolute atomic E-state index is 10.6. The summed E-state index contributed by atoms with van der Waals surface area (Å²) in [4.78, 5) is 12.0. The third-order valence-corrected chi connectivity index (χ3v) is 1.82. The molecule has 1 aliphatic rings. The van der Waals surface area contributed by atoms with Gasteiger partial charge in [0.2, 0.25) is 0 Å². The van der Waals surface area contributed by atoms with Crippen molar-refractivity contribution < 1.29 is 15.0 Å². The molecule has 2 atom stereocenters. The van der Waals surface area contributed by atoms with Crippen LogP contribution >= 0.6 is 0 Å². The van der Waals surface area contributed by atoms with Crippen LogP contribution in [0.25, 0.3) is 0 Å². The fraction of sp³-hybridized carbons (Fsp3) is 0.667. The van der Waals surface area contributed by atoms with E-state index in [-0.39, 0.29) is 13.0 Å². The number of rotatable bonds is 2. The second-order valence-electron chi connectivity index (χ2n) is 2.70. The van der Waals surface area contributed by atoms with Gasteiger partial charge in [0.1, 0.15) is 12.4 Å². The molecule has 1 saturated heterocycles. The van der Waals surface area contributed by atoms with Crippen LogP contribution in [0.5, 0.6) is 0 Å². The van der Waals surface area contributed by atoms with Crippen LogP contribution in [0.2, 0.25) is 0 Å². The molecule has 4 N–H and O–H groups in total. The molecule has 0 unspecified atom stereocenters. The lowest BCUT2D eigenvalue weighted by Gasteiger charge is -2.16. The van der Waals surface area contributed by atoms with Crippen LogP contribution in [0, 0.1) is 0 Å². The zero-order valence-electron chi connectivity index (χ0n) is 6.42. The van der Waals surface area contributed by atoms with E-state index in [4.69, 9.17) is 16.1 Å². The van der Waals surface area contributed by atoms with Crippen LogP contribution in [0.3, 0.4) is 0 Å². The van der Waals surface area contributed by atoms with Crippen molar-refractivity contribution in [3.8, 4) is 0 Å². The highest BCUT2D eigenvalue weighted by Gasteiger charge is 2.34. The Hall–Kier alpha value is -1.30. The van der Waals surface area contributed by atoms with Crippen LogP contribution in [0.4, 0.5) is 0 Å². The number of carboxylic acids is 1. The van der Waals surface area contributed by atoms with E-state index in [1.54, 1.807) is 0 Å². The van der Waals surface area contributed by atoms with Gasteiger partial charge in [-0.1, -0.05) is 0 Å². The molecule has 0 spiro atoms. The van der Waals surface area contributed by atoms with Crippen molar-refractivity contribution in [1.29, 1.82) is 0 Å². The lowest BCUT2D eigenvalue weighted by atomic mass is 10.2. The van der Waals surface area contributed by atoms with Crippen molar-refractivity contribution in [1.82, 2.24) is 4.90 Å². The number of aliphatic hydroxyl groups excluding tert-OH is 1. The largest absolute Gasteiger partial charge is 0.480 e. The molecular weight excluding hydrogens is 162 g/mol. The number of likely N-dealkylation sites (tertiary alicyclic amines) is 1. The fourth-order valence-corrected chi connectivity index (χ4v) is 1.29. The Labute approximate surface area is 69.3 Å². The first-order valence-corrected chi connectivity index (χ1v) is 3.55. The number of nitrogens with two attached hydrogens (primary N) is 1. The number of carbonyl (C=O) groups is 1. The summed E-state index contributed by atoms with van der Waals surface area (Å²) in [7, 11) is 0. The molecular formula is C6H11N3O3. The standard InChI is InChI=1S/C6H11N3O3/c7-8-3-9-2-4(10)1-5(9)6(11)12/h3-5,10H,1-2,7H2,(H,11,12)/t4-,5+/m1/s1. The zero-order valence-corrected chi connectivity index (χ0v) is 6.42. The molecule has 1 heterocycles. The van der Waals surface area contributed by atoms with E-state index < -0.39 is 18.1 Å². The lowest BCUT2D eigenvalue weighted by Crippen LogP contribution is -2.35. The summed E-state index contributed by atoms with van der Waals surface area (Å²) >= 11 is 0. The SMILES string of the molecule is NN=CN1C[C@H](O)C[C@H]1C(=O)O. The summed E-state index contributed by atoms with van der Waals surface area (Å²) in [6.07, 6.45) is 0.847. The number of hydrogen-bond donors (Lipinski definition) is 3. The zero-order chi connectivity index (χ0) is 9.14. The van der Waals surface area contributed by atoms with Gasteiger partial charge in [0.05, 0.1) is 6.10 Å². The maximum atomic E-state index is 10.6. The molecule has 6 nitrogen and oxygen atoms in total. The summed E-state index contributed by atoms with van der Waals surface area (Å²) in [5.41, 5.74) is 0. The molecule has 1 fully saturated rings. The molecule has 68 valence electrons. The van der Waals surface area contributed by atoms with Gasteiger partial charge in [0.15, 0.2) is 0 Å². The minimum absolute atomic E-state index is 0.224. The Morgan fingerprint density at radius 2 is 2.42 bits per heavy atom. The molecule has 0 radical (unpaired) electrons. The minimum Gasteiger partial charge on any atom is -0.480 e. The van der Waals surface area contributed by atoms with Crippen LogP contribution < -0.4 is 5.84 Å². The van der Waals surface area contributed by atoms with Crippen molar-refractivity contribution in [3.63, 3.8) is 0 Å². The van der Waals surface area contributed by atoms with Crippen molar-refractivity contribution >= 4 is 12.3 Å². The van der Waals surface area contributed by atoms with E-state index in [9.17, 15) is 4.79 Å². The summed E-state index contributed by atoms with van der Waals surface area (Å²) in [5.74, 6) is 3.90. The maximum Gasteiger partial charge on any atom is 0.326 e. The van der Waals surface area contributed by atoms with Gasteiger partial charge in [-0.25, -0.2) is 4.79 Å². The van der Waals surface area contributed by atoms with E-state index >= 15 is 0 Å². The second-order valence-corrected chi connectivity index (χ2v) is 2.70. The number of hydrazone groups is 1. The molecule has 0 saturated carbocycles. The van der Waals surface area contributed by atoms with Gasteiger partial charge in [-0.15, -0.1) is 0 Å². The minimum atomic E-state index is -0.966. The smallest absolute Gasteiger partial charge is 0.326 e. The number of nitrogens with zero attached hydrogens (tertiary/aromatic N) is 2. The number of aliphatic hydroxyl groups is 1. The van der Waals surface area contributed by atoms with Crippen LogP contribution in [0.15, 0.2) is 5.10 Å². The first-order valence-electron chi connectivity index (χ1n) is 3.55. The normalized spacial score (nSPS) is 29.9. The lowest BCUT2D eigenvalue weighted by molar-refractivity contribution is -0.140. The van der Waals surface area contributed by atoms with E-state index in [1.165, 1.54) is 11.2 Å². The predicted octanol–water partition coefficient (Wildman–Crippen LogP) is -1.59. The monoisotopic (exact) mass is 173 g/mol. The fourth-order valence-electron chi connectivity index (χ4n) is 1.29. The topological polar surface area (TPSA) is 99.1 Å². The van der Waals surface area contributed by atoms with Gasteiger partial charge in [-0.3, -0.25) is 0 Å². The Kier molecular flexibility index (Phi) is 2.49. The van der Waals surface area contributed by atoms with Gasteiger partial charge < -0.3 is 21.0 Å². The van der Waals surface area contributed by atoms with Gasteiger partial charge in [-0.2, -0.15) is 5.10 Å². The molecule has 0 bridgehead atoms. The second kappa shape index (κ2) is 3.40. The van der Waals surface area contributed by atoms with E-state index in [0.29, 0.717) is 0 Å². The molecule has 1 rings (SSSR count).